The number of benzene rings is 1. The second-order valence-electron chi connectivity index (χ2n) is 4.33. The van der Waals surface area contributed by atoms with Crippen LogP contribution in [0.1, 0.15) is 19.3 Å². The fraction of sp³-hybridized carbons (Fsp3) is 0.417. The molecule has 4 nitrogen and oxygen atoms in total. The number of rotatable bonds is 5. The number of nitrogens with zero attached hydrogens (tertiary/aromatic N) is 2. The van der Waals surface area contributed by atoms with E-state index < -0.39 is 15.8 Å². The molecule has 1 fully saturated rings. The standard InChI is InChI=1S/C12H12ClFN2O2S/c13-11-5-2-9(14)8-12(11)19(17,18)16(7-1-6-15)10-3-4-10/h2,5,8,10H,1,3-4,7H2. The SMILES string of the molecule is N#CCCN(C1CC1)S(=O)(=O)c1cc(F)ccc1Cl. The van der Waals surface area contributed by atoms with Crippen LogP contribution in [0.4, 0.5) is 4.39 Å². The fourth-order valence-corrected chi connectivity index (χ4v) is 4.00. The second kappa shape index (κ2) is 5.45. The molecule has 0 heterocycles. The molecule has 1 aliphatic rings. The normalized spacial score (nSPS) is 15.5. The Morgan fingerprint density at radius 3 is 2.74 bits per heavy atom. The summed E-state index contributed by atoms with van der Waals surface area (Å²) in [7, 11) is -3.85. The van der Waals surface area contributed by atoms with Gasteiger partial charge in [0, 0.05) is 19.0 Å². The second-order valence-corrected chi connectivity index (χ2v) is 6.60. The van der Waals surface area contributed by atoms with Gasteiger partial charge in [0.2, 0.25) is 10.0 Å². The van der Waals surface area contributed by atoms with Crippen molar-refractivity contribution in [2.24, 2.45) is 0 Å². The molecule has 0 saturated heterocycles. The van der Waals surface area contributed by atoms with Crippen LogP contribution in [-0.4, -0.2) is 25.3 Å². The number of nitriles is 1. The molecule has 0 amide bonds. The molecule has 0 atom stereocenters. The van der Waals surface area contributed by atoms with E-state index in [1.165, 1.54) is 10.4 Å². The first kappa shape index (κ1) is 14.3. The van der Waals surface area contributed by atoms with Gasteiger partial charge in [-0.2, -0.15) is 9.57 Å². The average molecular weight is 303 g/mol. The molecule has 2 rings (SSSR count). The van der Waals surface area contributed by atoms with E-state index in [1.807, 2.05) is 6.07 Å². The van der Waals surface area contributed by atoms with Gasteiger partial charge in [-0.3, -0.25) is 0 Å². The maximum Gasteiger partial charge on any atom is 0.244 e. The maximum atomic E-state index is 13.2. The highest BCUT2D eigenvalue weighted by molar-refractivity contribution is 7.89. The van der Waals surface area contributed by atoms with E-state index in [1.54, 1.807) is 0 Å². The van der Waals surface area contributed by atoms with E-state index in [-0.39, 0.29) is 28.9 Å². The Morgan fingerprint density at radius 1 is 1.47 bits per heavy atom. The van der Waals surface area contributed by atoms with Crippen molar-refractivity contribution in [1.29, 1.82) is 5.26 Å². The van der Waals surface area contributed by atoms with Crippen LogP contribution in [0.15, 0.2) is 23.1 Å². The summed E-state index contributed by atoms with van der Waals surface area (Å²) >= 11 is 5.85. The first-order valence-corrected chi connectivity index (χ1v) is 7.62. The topological polar surface area (TPSA) is 61.2 Å². The van der Waals surface area contributed by atoms with Crippen molar-refractivity contribution in [2.75, 3.05) is 6.54 Å². The monoisotopic (exact) mass is 302 g/mol. The quantitative estimate of drug-likeness (QED) is 0.840. The molecule has 1 aliphatic carbocycles. The zero-order valence-corrected chi connectivity index (χ0v) is 11.6. The van der Waals surface area contributed by atoms with Gasteiger partial charge in [-0.1, -0.05) is 11.6 Å². The van der Waals surface area contributed by atoms with Crippen molar-refractivity contribution in [1.82, 2.24) is 4.31 Å². The predicted octanol–water partition coefficient (Wildman–Crippen LogP) is 2.55. The highest BCUT2D eigenvalue weighted by atomic mass is 35.5. The Morgan fingerprint density at radius 2 is 2.16 bits per heavy atom. The predicted molar refractivity (Wildman–Crippen MR) is 68.6 cm³/mol. The molecule has 1 saturated carbocycles. The maximum absolute atomic E-state index is 13.2. The highest BCUT2D eigenvalue weighted by Crippen LogP contribution is 2.34. The molecule has 0 unspecified atom stereocenters. The Bertz CT molecular complexity index is 623. The van der Waals surface area contributed by atoms with E-state index >= 15 is 0 Å². The van der Waals surface area contributed by atoms with Gasteiger partial charge in [-0.05, 0) is 31.0 Å². The van der Waals surface area contributed by atoms with E-state index in [9.17, 15) is 12.8 Å². The summed E-state index contributed by atoms with van der Waals surface area (Å²) in [5.41, 5.74) is 0. The first-order chi connectivity index (χ1) is 8.96. The lowest BCUT2D eigenvalue weighted by Crippen LogP contribution is -2.34. The summed E-state index contributed by atoms with van der Waals surface area (Å²) in [6, 6.07) is 5.06. The molecule has 19 heavy (non-hydrogen) atoms. The highest BCUT2D eigenvalue weighted by Gasteiger charge is 2.38. The lowest BCUT2D eigenvalue weighted by atomic mass is 10.3. The molecule has 102 valence electrons. The van der Waals surface area contributed by atoms with Gasteiger partial charge in [-0.25, -0.2) is 12.8 Å². The molecule has 0 radical (unpaired) electrons. The lowest BCUT2D eigenvalue weighted by molar-refractivity contribution is 0.410. The molecule has 7 heteroatoms. The third kappa shape index (κ3) is 3.06. The zero-order valence-electron chi connectivity index (χ0n) is 10.0. The van der Waals surface area contributed by atoms with E-state index in [0.29, 0.717) is 0 Å². The first-order valence-electron chi connectivity index (χ1n) is 5.80. The molecule has 0 aliphatic heterocycles. The molecule has 1 aromatic rings. The number of halogens is 2. The molecule has 0 aromatic heterocycles. The summed E-state index contributed by atoms with van der Waals surface area (Å²) in [6.45, 7) is 0.107. The van der Waals surface area contributed by atoms with Crippen LogP contribution >= 0.6 is 11.6 Å². The van der Waals surface area contributed by atoms with Gasteiger partial charge in [0.15, 0.2) is 0 Å². The summed E-state index contributed by atoms with van der Waals surface area (Å²) in [4.78, 5) is -0.237. The van der Waals surface area contributed by atoms with Crippen molar-refractivity contribution >= 4 is 21.6 Å². The number of hydrogen-bond donors (Lipinski definition) is 0. The summed E-state index contributed by atoms with van der Waals surface area (Å²) in [6.07, 6.45) is 1.62. The van der Waals surface area contributed by atoms with Gasteiger partial charge in [0.1, 0.15) is 10.7 Å². The minimum Gasteiger partial charge on any atom is -0.207 e. The zero-order chi connectivity index (χ0) is 14.0. The van der Waals surface area contributed by atoms with Gasteiger partial charge in [-0.15, -0.1) is 0 Å². The lowest BCUT2D eigenvalue weighted by Gasteiger charge is -2.21. The van der Waals surface area contributed by atoms with Crippen LogP contribution in [0, 0.1) is 17.1 Å². The van der Waals surface area contributed by atoms with Crippen LogP contribution in [0.25, 0.3) is 0 Å². The molecule has 1 aromatic carbocycles. The van der Waals surface area contributed by atoms with Crippen molar-refractivity contribution in [2.45, 2.75) is 30.2 Å². The Hall–Kier alpha value is -1.16. The van der Waals surface area contributed by atoms with E-state index in [0.717, 1.165) is 25.0 Å². The number of hydrogen-bond acceptors (Lipinski definition) is 3. The van der Waals surface area contributed by atoms with Crippen molar-refractivity contribution < 1.29 is 12.8 Å². The molecule has 0 bridgehead atoms. The van der Waals surface area contributed by atoms with Gasteiger partial charge < -0.3 is 0 Å². The molecule has 0 N–H and O–H groups in total. The Balaban J connectivity index is 2.39. The van der Waals surface area contributed by atoms with Gasteiger partial charge in [0.25, 0.3) is 0 Å². The third-order valence-electron chi connectivity index (χ3n) is 2.88. The van der Waals surface area contributed by atoms with Crippen LogP contribution in [0.2, 0.25) is 5.02 Å². The Labute approximate surface area is 116 Å². The fourth-order valence-electron chi connectivity index (χ4n) is 1.82. The summed E-state index contributed by atoms with van der Waals surface area (Å²) in [5, 5.41) is 8.58. The van der Waals surface area contributed by atoms with Crippen LogP contribution < -0.4 is 0 Å². The summed E-state index contributed by atoms with van der Waals surface area (Å²) < 4.78 is 39.4. The average Bonchev–Trinajstić information content (AvgIpc) is 3.17. The van der Waals surface area contributed by atoms with E-state index in [2.05, 4.69) is 0 Å². The van der Waals surface area contributed by atoms with Crippen LogP contribution in [0.3, 0.4) is 0 Å². The molecular weight excluding hydrogens is 291 g/mol. The van der Waals surface area contributed by atoms with Gasteiger partial charge in [0.05, 0.1) is 11.1 Å². The van der Waals surface area contributed by atoms with Gasteiger partial charge >= 0.3 is 0 Å². The number of sulfonamides is 1. The van der Waals surface area contributed by atoms with Crippen LogP contribution in [0.5, 0.6) is 0 Å². The molecule has 0 spiro atoms. The third-order valence-corrected chi connectivity index (χ3v) is 5.31. The Kier molecular flexibility index (Phi) is 4.09. The molecular formula is C12H12ClFN2O2S. The smallest absolute Gasteiger partial charge is 0.207 e. The minimum atomic E-state index is -3.85. The summed E-state index contributed by atoms with van der Waals surface area (Å²) in [5.74, 6) is -0.654. The largest absolute Gasteiger partial charge is 0.244 e. The van der Waals surface area contributed by atoms with Crippen molar-refractivity contribution in [3.05, 3.63) is 29.0 Å². The van der Waals surface area contributed by atoms with Crippen molar-refractivity contribution in [3.63, 3.8) is 0 Å². The minimum absolute atomic E-state index is 0.0102. The van der Waals surface area contributed by atoms with Crippen molar-refractivity contribution in [3.8, 4) is 6.07 Å². The van der Waals surface area contributed by atoms with Crippen LogP contribution in [-0.2, 0) is 10.0 Å². The van der Waals surface area contributed by atoms with E-state index in [4.69, 9.17) is 16.9 Å².